The van der Waals surface area contributed by atoms with Crippen molar-refractivity contribution >= 4 is 17.4 Å². The van der Waals surface area contributed by atoms with Crippen molar-refractivity contribution in [3.63, 3.8) is 0 Å². The molecule has 0 radical (unpaired) electrons. The van der Waals surface area contributed by atoms with Gasteiger partial charge in [-0.1, -0.05) is 18.2 Å². The molecule has 0 aliphatic carbocycles. The first-order valence-electron chi connectivity index (χ1n) is 8.33. The summed E-state index contributed by atoms with van der Waals surface area (Å²) in [5, 5.41) is 11.1. The maximum absolute atomic E-state index is 12.2. The molecule has 1 fully saturated rings. The van der Waals surface area contributed by atoms with E-state index >= 15 is 0 Å². The van der Waals surface area contributed by atoms with E-state index in [9.17, 15) is 4.79 Å². The maximum atomic E-state index is 12.2. The maximum Gasteiger partial charge on any atom is 0.276 e. The van der Waals surface area contributed by atoms with Crippen molar-refractivity contribution in [2.75, 3.05) is 29.9 Å². The van der Waals surface area contributed by atoms with Crippen LogP contribution in [0.5, 0.6) is 0 Å². The summed E-state index contributed by atoms with van der Waals surface area (Å²) in [7, 11) is 0. The minimum atomic E-state index is -0.262. The Bertz CT molecular complexity index is 654. The van der Waals surface area contributed by atoms with Crippen molar-refractivity contribution in [1.82, 2.24) is 10.2 Å². The Kier molecular flexibility index (Phi) is 5.38. The second kappa shape index (κ2) is 7.88. The van der Waals surface area contributed by atoms with E-state index in [1.54, 1.807) is 6.07 Å². The Labute approximate surface area is 141 Å². The van der Waals surface area contributed by atoms with Gasteiger partial charge >= 0.3 is 0 Å². The number of carbonyl (C=O) groups is 1. The average molecular weight is 326 g/mol. The monoisotopic (exact) mass is 326 g/mol. The summed E-state index contributed by atoms with van der Waals surface area (Å²) in [6.45, 7) is 4.55. The second-order valence-electron chi connectivity index (χ2n) is 5.77. The lowest BCUT2D eigenvalue weighted by atomic mass is 10.2. The molecule has 0 saturated carbocycles. The zero-order valence-electron chi connectivity index (χ0n) is 13.8. The Morgan fingerprint density at radius 3 is 2.71 bits per heavy atom. The van der Waals surface area contributed by atoms with Gasteiger partial charge in [0.2, 0.25) is 0 Å². The van der Waals surface area contributed by atoms with Crippen LogP contribution < -0.4 is 10.2 Å². The number of nitrogens with zero attached hydrogens (tertiary/aromatic N) is 3. The van der Waals surface area contributed by atoms with E-state index in [1.165, 1.54) is 0 Å². The van der Waals surface area contributed by atoms with Gasteiger partial charge in [-0.15, -0.1) is 10.2 Å². The number of carbonyl (C=O) groups excluding carboxylic acids is 1. The van der Waals surface area contributed by atoms with Crippen LogP contribution in [0.4, 0.5) is 11.5 Å². The first kappa shape index (κ1) is 16.4. The standard InChI is InChI=1S/C18H22N4O2/c1-2-22(13-15-9-6-12-24-15)17-11-10-16(20-21-17)18(23)19-14-7-4-3-5-8-14/h3-5,7-8,10-11,15H,2,6,9,12-13H2,1H3,(H,19,23). The molecule has 6 heteroatoms. The van der Waals surface area contributed by atoms with Crippen LogP contribution in [-0.2, 0) is 4.74 Å². The number of benzene rings is 1. The molecule has 1 aliphatic heterocycles. The van der Waals surface area contributed by atoms with Crippen molar-refractivity contribution in [3.8, 4) is 0 Å². The Balaban J connectivity index is 1.64. The van der Waals surface area contributed by atoms with Crippen LogP contribution in [0.1, 0.15) is 30.3 Å². The largest absolute Gasteiger partial charge is 0.376 e. The number of aromatic nitrogens is 2. The van der Waals surface area contributed by atoms with Gasteiger partial charge < -0.3 is 15.0 Å². The Hall–Kier alpha value is -2.47. The molecule has 126 valence electrons. The predicted octanol–water partition coefficient (Wildman–Crippen LogP) is 2.73. The lowest BCUT2D eigenvalue weighted by molar-refractivity contribution is 0.102. The summed E-state index contributed by atoms with van der Waals surface area (Å²) in [6, 6.07) is 12.9. The number of rotatable bonds is 6. The van der Waals surface area contributed by atoms with Crippen molar-refractivity contribution in [2.24, 2.45) is 0 Å². The molecule has 3 rings (SSSR count). The third kappa shape index (κ3) is 4.08. The number of anilines is 2. The predicted molar refractivity (Wildman–Crippen MR) is 93.3 cm³/mol. The number of ether oxygens (including phenoxy) is 1. The molecular weight excluding hydrogens is 304 g/mol. The van der Waals surface area contributed by atoms with Crippen molar-refractivity contribution in [2.45, 2.75) is 25.9 Å². The third-order valence-electron chi connectivity index (χ3n) is 4.07. The molecule has 0 bridgehead atoms. The van der Waals surface area contributed by atoms with Gasteiger partial charge in [-0.25, -0.2) is 0 Å². The van der Waals surface area contributed by atoms with E-state index in [4.69, 9.17) is 4.74 Å². The van der Waals surface area contributed by atoms with E-state index in [-0.39, 0.29) is 12.0 Å². The van der Waals surface area contributed by atoms with Crippen LogP contribution in [0.3, 0.4) is 0 Å². The van der Waals surface area contributed by atoms with Gasteiger partial charge in [0.15, 0.2) is 11.5 Å². The summed E-state index contributed by atoms with van der Waals surface area (Å²) in [4.78, 5) is 14.3. The van der Waals surface area contributed by atoms with Crippen LogP contribution in [0.25, 0.3) is 0 Å². The summed E-state index contributed by atoms with van der Waals surface area (Å²) in [5.41, 5.74) is 1.04. The van der Waals surface area contributed by atoms with Crippen LogP contribution in [0, 0.1) is 0 Å². The molecule has 1 N–H and O–H groups in total. The highest BCUT2D eigenvalue weighted by Gasteiger charge is 2.20. The summed E-state index contributed by atoms with van der Waals surface area (Å²) < 4.78 is 5.68. The van der Waals surface area contributed by atoms with Crippen molar-refractivity contribution < 1.29 is 9.53 Å². The molecule has 1 unspecified atom stereocenters. The van der Waals surface area contributed by atoms with Gasteiger partial charge in [-0.2, -0.15) is 0 Å². The van der Waals surface area contributed by atoms with Gasteiger partial charge in [0.05, 0.1) is 6.10 Å². The minimum absolute atomic E-state index is 0.257. The molecular formula is C18H22N4O2. The Morgan fingerprint density at radius 1 is 1.25 bits per heavy atom. The fraction of sp³-hybridized carbons (Fsp3) is 0.389. The van der Waals surface area contributed by atoms with Crippen molar-refractivity contribution in [3.05, 3.63) is 48.2 Å². The van der Waals surface area contributed by atoms with Crippen molar-refractivity contribution in [1.29, 1.82) is 0 Å². The highest BCUT2D eigenvalue weighted by Crippen LogP contribution is 2.17. The lowest BCUT2D eigenvalue weighted by Crippen LogP contribution is -2.33. The first-order valence-corrected chi connectivity index (χ1v) is 8.33. The van der Waals surface area contributed by atoms with Crippen LogP contribution in [-0.4, -0.2) is 41.9 Å². The molecule has 6 nitrogen and oxygen atoms in total. The number of para-hydroxylation sites is 1. The SMILES string of the molecule is CCN(CC1CCCO1)c1ccc(C(=O)Nc2ccccc2)nn1. The molecule has 1 aliphatic rings. The smallest absolute Gasteiger partial charge is 0.276 e. The third-order valence-corrected chi connectivity index (χ3v) is 4.07. The highest BCUT2D eigenvalue weighted by molar-refractivity contribution is 6.02. The fourth-order valence-corrected chi connectivity index (χ4v) is 2.75. The number of nitrogens with one attached hydrogen (secondary N) is 1. The minimum Gasteiger partial charge on any atom is -0.376 e. The average Bonchev–Trinajstić information content (AvgIpc) is 3.14. The fourth-order valence-electron chi connectivity index (χ4n) is 2.75. The highest BCUT2D eigenvalue weighted by atomic mass is 16.5. The van der Waals surface area contributed by atoms with E-state index < -0.39 is 0 Å². The molecule has 1 amide bonds. The quantitative estimate of drug-likeness (QED) is 0.884. The van der Waals surface area contributed by atoms with E-state index in [0.29, 0.717) is 5.69 Å². The number of hydrogen-bond donors (Lipinski definition) is 1. The number of hydrogen-bond acceptors (Lipinski definition) is 5. The second-order valence-corrected chi connectivity index (χ2v) is 5.77. The van der Waals surface area contributed by atoms with Gasteiger partial charge in [0.1, 0.15) is 0 Å². The van der Waals surface area contributed by atoms with Crippen LogP contribution in [0.2, 0.25) is 0 Å². The summed E-state index contributed by atoms with van der Waals surface area (Å²) in [6.07, 6.45) is 2.46. The topological polar surface area (TPSA) is 67.3 Å². The molecule has 1 aromatic heterocycles. The van der Waals surface area contributed by atoms with E-state index in [0.717, 1.165) is 44.0 Å². The normalized spacial score (nSPS) is 16.8. The molecule has 2 aromatic rings. The molecule has 1 saturated heterocycles. The van der Waals surface area contributed by atoms with E-state index in [1.807, 2.05) is 36.4 Å². The van der Waals surface area contributed by atoms with Crippen LogP contribution >= 0.6 is 0 Å². The summed E-state index contributed by atoms with van der Waals surface area (Å²) >= 11 is 0. The summed E-state index contributed by atoms with van der Waals surface area (Å²) in [5.74, 6) is 0.506. The zero-order valence-corrected chi connectivity index (χ0v) is 13.8. The van der Waals surface area contributed by atoms with E-state index in [2.05, 4.69) is 27.3 Å². The van der Waals surface area contributed by atoms with Gasteiger partial charge in [-0.05, 0) is 44.0 Å². The molecule has 24 heavy (non-hydrogen) atoms. The van der Waals surface area contributed by atoms with Crippen LogP contribution in [0.15, 0.2) is 42.5 Å². The lowest BCUT2D eigenvalue weighted by Gasteiger charge is -2.24. The molecule has 1 aromatic carbocycles. The molecule has 0 spiro atoms. The Morgan fingerprint density at radius 2 is 2.08 bits per heavy atom. The number of amides is 1. The first-order chi connectivity index (χ1) is 11.8. The zero-order chi connectivity index (χ0) is 16.8. The molecule has 2 heterocycles. The number of likely N-dealkylation sites (N-methyl/N-ethyl adjacent to an activating group) is 1. The van der Waals surface area contributed by atoms with Gasteiger partial charge in [0.25, 0.3) is 5.91 Å². The molecule has 1 atom stereocenters. The van der Waals surface area contributed by atoms with Gasteiger partial charge in [0, 0.05) is 25.4 Å². The van der Waals surface area contributed by atoms with Gasteiger partial charge in [-0.3, -0.25) is 4.79 Å².